The van der Waals surface area contributed by atoms with E-state index in [9.17, 15) is 8.42 Å². The number of anilines is 1. The van der Waals surface area contributed by atoms with Crippen LogP contribution in [0.15, 0.2) is 42.6 Å². The van der Waals surface area contributed by atoms with Gasteiger partial charge in [-0.15, -0.1) is 0 Å². The van der Waals surface area contributed by atoms with Crippen LogP contribution >= 0.6 is 0 Å². The third kappa shape index (κ3) is 3.07. The van der Waals surface area contributed by atoms with Crippen LogP contribution in [-0.2, 0) is 16.9 Å². The molecule has 1 saturated heterocycles. The van der Waals surface area contributed by atoms with Gasteiger partial charge in [0.05, 0.1) is 16.3 Å². The Hall–Kier alpha value is -2.41. The molecule has 1 aliphatic heterocycles. The zero-order valence-electron chi connectivity index (χ0n) is 15.0. The molecule has 0 amide bonds. The number of piperidine rings is 1. The van der Waals surface area contributed by atoms with Crippen LogP contribution in [-0.4, -0.2) is 47.5 Å². The number of aromatic nitrogens is 3. The number of benzene rings is 1. The Morgan fingerprint density at radius 2 is 1.85 bits per heavy atom. The Morgan fingerprint density at radius 1 is 1.12 bits per heavy atom. The minimum Gasteiger partial charge on any atom is -0.357 e. The van der Waals surface area contributed by atoms with E-state index in [-0.39, 0.29) is 5.25 Å². The second kappa shape index (κ2) is 6.39. The number of aryl methyl sites for hydroxylation is 1. The van der Waals surface area contributed by atoms with Gasteiger partial charge in [0.15, 0.2) is 0 Å². The summed E-state index contributed by atoms with van der Waals surface area (Å²) in [6.45, 7) is 1.41. The number of para-hydroxylation sites is 2. The molecule has 3 heterocycles. The minimum atomic E-state index is -2.96. The third-order valence-electron chi connectivity index (χ3n) is 5.16. The number of pyridine rings is 1. The van der Waals surface area contributed by atoms with Crippen molar-refractivity contribution in [3.63, 3.8) is 0 Å². The van der Waals surface area contributed by atoms with Gasteiger partial charge in [-0.2, -0.15) is 0 Å². The SMILES string of the molecule is Cn1c(-c2ccnc(N3CCC(S(C)(=O)=O)CC3)c2)nc2ccccc21. The standard InChI is InChI=1S/C19H22N4O2S/c1-22-17-6-4-3-5-16(17)21-19(22)14-7-10-20-18(13-14)23-11-8-15(9-12-23)26(2,24)25/h3-7,10,13,15H,8-9,11-12H2,1-2H3. The van der Waals surface area contributed by atoms with E-state index in [0.717, 1.165) is 28.2 Å². The number of imidazole rings is 1. The zero-order chi connectivity index (χ0) is 18.3. The second-order valence-electron chi connectivity index (χ2n) is 6.90. The Balaban J connectivity index is 1.62. The maximum atomic E-state index is 11.7. The summed E-state index contributed by atoms with van der Waals surface area (Å²) in [7, 11) is -0.947. The molecule has 0 unspecified atom stereocenters. The lowest BCUT2D eigenvalue weighted by molar-refractivity contribution is 0.532. The van der Waals surface area contributed by atoms with Gasteiger partial charge in [-0.1, -0.05) is 12.1 Å². The molecular weight excluding hydrogens is 348 g/mol. The van der Waals surface area contributed by atoms with Crippen molar-refractivity contribution in [1.82, 2.24) is 14.5 Å². The molecule has 0 N–H and O–H groups in total. The highest BCUT2D eigenvalue weighted by Gasteiger charge is 2.27. The summed E-state index contributed by atoms with van der Waals surface area (Å²) in [5.74, 6) is 1.78. The van der Waals surface area contributed by atoms with Crippen molar-refractivity contribution in [2.24, 2.45) is 7.05 Å². The fourth-order valence-electron chi connectivity index (χ4n) is 3.65. The fraction of sp³-hybridized carbons (Fsp3) is 0.368. The van der Waals surface area contributed by atoms with Crippen LogP contribution in [0.1, 0.15) is 12.8 Å². The van der Waals surface area contributed by atoms with Gasteiger partial charge in [0, 0.05) is 38.2 Å². The molecule has 6 nitrogen and oxygen atoms in total. The number of hydrogen-bond donors (Lipinski definition) is 0. The van der Waals surface area contributed by atoms with Gasteiger partial charge in [0.25, 0.3) is 0 Å². The van der Waals surface area contributed by atoms with Crippen molar-refractivity contribution >= 4 is 26.7 Å². The molecule has 0 spiro atoms. The Bertz CT molecular complexity index is 1050. The lowest BCUT2D eigenvalue weighted by Crippen LogP contribution is -2.39. The van der Waals surface area contributed by atoms with Gasteiger partial charge in [-0.25, -0.2) is 18.4 Å². The van der Waals surface area contributed by atoms with E-state index in [0.29, 0.717) is 25.9 Å². The molecule has 0 radical (unpaired) electrons. The maximum Gasteiger partial charge on any atom is 0.150 e. The predicted octanol–water partition coefficient (Wildman–Crippen LogP) is 2.65. The molecule has 1 fully saturated rings. The van der Waals surface area contributed by atoms with Gasteiger partial charge < -0.3 is 9.47 Å². The molecule has 0 saturated carbocycles. The zero-order valence-corrected chi connectivity index (χ0v) is 15.8. The molecule has 136 valence electrons. The summed E-state index contributed by atoms with van der Waals surface area (Å²) in [5, 5.41) is -0.234. The number of sulfone groups is 1. The quantitative estimate of drug-likeness (QED) is 0.709. The minimum absolute atomic E-state index is 0.234. The van der Waals surface area contributed by atoms with E-state index in [1.807, 2.05) is 37.4 Å². The Labute approximate surface area is 153 Å². The first kappa shape index (κ1) is 17.0. The van der Waals surface area contributed by atoms with Crippen molar-refractivity contribution in [3.8, 4) is 11.4 Å². The van der Waals surface area contributed by atoms with Crippen LogP contribution in [0.4, 0.5) is 5.82 Å². The average molecular weight is 370 g/mol. The topological polar surface area (TPSA) is 68.1 Å². The number of fused-ring (bicyclic) bond motifs is 1. The van der Waals surface area contributed by atoms with Crippen LogP contribution in [0.5, 0.6) is 0 Å². The molecule has 0 atom stereocenters. The molecule has 4 rings (SSSR count). The van der Waals surface area contributed by atoms with E-state index >= 15 is 0 Å². The predicted molar refractivity (Wildman–Crippen MR) is 104 cm³/mol. The van der Waals surface area contributed by atoms with Gasteiger partial charge in [0.2, 0.25) is 0 Å². The normalized spacial score (nSPS) is 16.3. The van der Waals surface area contributed by atoms with Crippen LogP contribution in [0.25, 0.3) is 22.4 Å². The molecule has 3 aromatic rings. The van der Waals surface area contributed by atoms with Gasteiger partial charge >= 0.3 is 0 Å². The summed E-state index contributed by atoms with van der Waals surface area (Å²) < 4.78 is 25.6. The van der Waals surface area contributed by atoms with Gasteiger partial charge in [-0.3, -0.25) is 0 Å². The van der Waals surface area contributed by atoms with Crippen molar-refractivity contribution in [2.75, 3.05) is 24.2 Å². The Morgan fingerprint density at radius 3 is 2.54 bits per heavy atom. The van der Waals surface area contributed by atoms with Gasteiger partial charge in [-0.05, 0) is 37.1 Å². The summed E-state index contributed by atoms with van der Waals surface area (Å²) in [4.78, 5) is 11.4. The monoisotopic (exact) mass is 370 g/mol. The van der Waals surface area contributed by atoms with E-state index in [1.165, 1.54) is 6.26 Å². The molecule has 1 aromatic carbocycles. The van der Waals surface area contributed by atoms with E-state index in [2.05, 4.69) is 20.5 Å². The van der Waals surface area contributed by atoms with Crippen LogP contribution in [0, 0.1) is 0 Å². The number of hydrogen-bond acceptors (Lipinski definition) is 5. The Kier molecular flexibility index (Phi) is 4.19. The molecule has 26 heavy (non-hydrogen) atoms. The smallest absolute Gasteiger partial charge is 0.150 e. The van der Waals surface area contributed by atoms with Crippen molar-refractivity contribution in [3.05, 3.63) is 42.6 Å². The highest BCUT2D eigenvalue weighted by Crippen LogP contribution is 2.27. The molecule has 1 aliphatic rings. The number of nitrogens with zero attached hydrogens (tertiary/aromatic N) is 4. The van der Waals surface area contributed by atoms with Crippen LogP contribution in [0.2, 0.25) is 0 Å². The molecule has 0 aliphatic carbocycles. The van der Waals surface area contributed by atoms with Gasteiger partial charge in [0.1, 0.15) is 21.5 Å². The highest BCUT2D eigenvalue weighted by molar-refractivity contribution is 7.91. The molecular formula is C19H22N4O2S. The van der Waals surface area contributed by atoms with Crippen LogP contribution < -0.4 is 4.90 Å². The van der Waals surface area contributed by atoms with Crippen molar-refractivity contribution in [1.29, 1.82) is 0 Å². The van der Waals surface area contributed by atoms with E-state index in [1.54, 1.807) is 6.20 Å². The molecule has 7 heteroatoms. The molecule has 0 bridgehead atoms. The van der Waals surface area contributed by atoms with E-state index < -0.39 is 9.84 Å². The largest absolute Gasteiger partial charge is 0.357 e. The lowest BCUT2D eigenvalue weighted by Gasteiger charge is -2.32. The summed E-state index contributed by atoms with van der Waals surface area (Å²) >= 11 is 0. The summed E-state index contributed by atoms with van der Waals surface area (Å²) in [6.07, 6.45) is 4.43. The maximum absolute atomic E-state index is 11.7. The number of rotatable bonds is 3. The summed E-state index contributed by atoms with van der Waals surface area (Å²) in [5.41, 5.74) is 3.08. The second-order valence-corrected chi connectivity index (χ2v) is 9.23. The third-order valence-corrected chi connectivity index (χ3v) is 6.84. The van der Waals surface area contributed by atoms with Crippen molar-refractivity contribution in [2.45, 2.75) is 18.1 Å². The fourth-order valence-corrected chi connectivity index (χ4v) is 4.71. The first-order chi connectivity index (χ1) is 12.4. The van der Waals surface area contributed by atoms with E-state index in [4.69, 9.17) is 4.98 Å². The average Bonchev–Trinajstić information content (AvgIpc) is 2.98. The van der Waals surface area contributed by atoms with Crippen LogP contribution in [0.3, 0.4) is 0 Å². The highest BCUT2D eigenvalue weighted by atomic mass is 32.2. The molecule has 2 aromatic heterocycles. The first-order valence-corrected chi connectivity index (χ1v) is 10.7. The first-order valence-electron chi connectivity index (χ1n) is 8.75. The lowest BCUT2D eigenvalue weighted by atomic mass is 10.1. The van der Waals surface area contributed by atoms with Crippen molar-refractivity contribution < 1.29 is 8.42 Å². The summed E-state index contributed by atoms with van der Waals surface area (Å²) in [6, 6.07) is 12.1.